The number of rotatable bonds is 4. The van der Waals surface area contributed by atoms with E-state index in [4.69, 9.17) is 5.26 Å². The zero-order valence-corrected chi connectivity index (χ0v) is 10.3. The fraction of sp³-hybridized carbons (Fsp3) is 0.250. The highest BCUT2D eigenvalue weighted by Gasteiger charge is 2.05. The number of nitriles is 1. The number of aryl methyl sites for hydroxylation is 1. The number of hydrogen-bond acceptors (Lipinski definition) is 5. The van der Waals surface area contributed by atoms with Crippen LogP contribution in [0, 0.1) is 18.3 Å². The summed E-state index contributed by atoms with van der Waals surface area (Å²) in [7, 11) is 0. The van der Waals surface area contributed by atoms with Crippen molar-refractivity contribution in [3.05, 3.63) is 40.0 Å². The lowest BCUT2D eigenvalue weighted by Gasteiger charge is -2.07. The molecule has 0 spiro atoms. The summed E-state index contributed by atoms with van der Waals surface area (Å²) in [5.74, 6) is 0.655. The molecule has 2 aromatic heterocycles. The maximum absolute atomic E-state index is 9.04. The monoisotopic (exact) mass is 244 g/mol. The summed E-state index contributed by atoms with van der Waals surface area (Å²) in [4.78, 5) is 8.38. The molecule has 0 atom stereocenters. The molecule has 2 rings (SSSR count). The van der Waals surface area contributed by atoms with Crippen molar-refractivity contribution < 1.29 is 0 Å². The molecule has 4 nitrogen and oxygen atoms in total. The number of aromatic nitrogens is 2. The Kier molecular flexibility index (Phi) is 3.68. The molecule has 0 fully saturated rings. The fourth-order valence-corrected chi connectivity index (χ4v) is 2.10. The summed E-state index contributed by atoms with van der Waals surface area (Å²) in [5, 5.41) is 14.2. The van der Waals surface area contributed by atoms with Crippen molar-refractivity contribution in [1.82, 2.24) is 9.97 Å². The number of nitrogens with one attached hydrogen (secondary N) is 1. The van der Waals surface area contributed by atoms with E-state index < -0.39 is 0 Å². The zero-order chi connectivity index (χ0) is 12.1. The second kappa shape index (κ2) is 5.41. The first-order chi connectivity index (χ1) is 8.31. The zero-order valence-electron chi connectivity index (χ0n) is 9.47. The van der Waals surface area contributed by atoms with Crippen LogP contribution in [-0.4, -0.2) is 16.5 Å². The summed E-state index contributed by atoms with van der Waals surface area (Å²) in [6.45, 7) is 2.64. The average molecular weight is 244 g/mol. The molecule has 0 aliphatic heterocycles. The van der Waals surface area contributed by atoms with Crippen molar-refractivity contribution in [2.24, 2.45) is 0 Å². The van der Waals surface area contributed by atoms with Gasteiger partial charge in [0.15, 0.2) is 0 Å². The SMILES string of the molecule is Cc1ccnc(NCCc2cscn2)c1C#N. The quantitative estimate of drug-likeness (QED) is 0.897. The van der Waals surface area contributed by atoms with Crippen LogP contribution in [0.4, 0.5) is 5.82 Å². The van der Waals surface area contributed by atoms with Gasteiger partial charge in [-0.2, -0.15) is 5.26 Å². The molecule has 5 heteroatoms. The van der Waals surface area contributed by atoms with Gasteiger partial charge in [0.05, 0.1) is 16.8 Å². The second-order valence-corrected chi connectivity index (χ2v) is 4.34. The van der Waals surface area contributed by atoms with Crippen LogP contribution in [0.25, 0.3) is 0 Å². The van der Waals surface area contributed by atoms with Crippen LogP contribution < -0.4 is 5.32 Å². The van der Waals surface area contributed by atoms with Crippen molar-refractivity contribution in [2.75, 3.05) is 11.9 Å². The van der Waals surface area contributed by atoms with Crippen LogP contribution in [0.2, 0.25) is 0 Å². The maximum atomic E-state index is 9.04. The molecule has 86 valence electrons. The Morgan fingerprint density at radius 2 is 2.35 bits per heavy atom. The van der Waals surface area contributed by atoms with E-state index in [0.29, 0.717) is 11.4 Å². The first-order valence-corrected chi connectivity index (χ1v) is 6.22. The molecule has 0 amide bonds. The molecule has 1 N–H and O–H groups in total. The molecule has 17 heavy (non-hydrogen) atoms. The fourth-order valence-electron chi connectivity index (χ4n) is 1.50. The molecule has 0 aliphatic carbocycles. The molecular weight excluding hydrogens is 232 g/mol. The normalized spacial score (nSPS) is 9.88. The van der Waals surface area contributed by atoms with Gasteiger partial charge in [0.1, 0.15) is 11.9 Å². The Morgan fingerprint density at radius 3 is 3.06 bits per heavy atom. The van der Waals surface area contributed by atoms with E-state index in [1.165, 1.54) is 0 Å². The van der Waals surface area contributed by atoms with Crippen molar-refractivity contribution in [3.8, 4) is 6.07 Å². The highest BCUT2D eigenvalue weighted by atomic mass is 32.1. The minimum Gasteiger partial charge on any atom is -0.369 e. The molecule has 0 bridgehead atoms. The van der Waals surface area contributed by atoms with Gasteiger partial charge in [-0.15, -0.1) is 11.3 Å². The minimum absolute atomic E-state index is 0.616. The van der Waals surface area contributed by atoms with Crippen LogP contribution in [0.1, 0.15) is 16.8 Å². The molecule has 0 unspecified atom stereocenters. The average Bonchev–Trinajstić information content (AvgIpc) is 2.82. The Bertz CT molecular complexity index is 528. The van der Waals surface area contributed by atoms with E-state index in [1.54, 1.807) is 17.5 Å². The molecular formula is C12H12N4S. The molecule has 0 aromatic carbocycles. The summed E-state index contributed by atoms with van der Waals surface area (Å²) in [5.41, 5.74) is 4.44. The van der Waals surface area contributed by atoms with Crippen molar-refractivity contribution in [1.29, 1.82) is 5.26 Å². The molecule has 2 heterocycles. The number of hydrogen-bond donors (Lipinski definition) is 1. The van der Waals surface area contributed by atoms with E-state index >= 15 is 0 Å². The Morgan fingerprint density at radius 1 is 1.47 bits per heavy atom. The van der Waals surface area contributed by atoms with E-state index in [9.17, 15) is 0 Å². The molecule has 0 radical (unpaired) electrons. The topological polar surface area (TPSA) is 61.6 Å². The number of thiazole rings is 1. The first-order valence-electron chi connectivity index (χ1n) is 5.28. The number of anilines is 1. The summed E-state index contributed by atoms with van der Waals surface area (Å²) in [6.07, 6.45) is 2.55. The number of nitrogens with zero attached hydrogens (tertiary/aromatic N) is 3. The van der Waals surface area contributed by atoms with Gasteiger partial charge in [-0.1, -0.05) is 0 Å². The summed E-state index contributed by atoms with van der Waals surface area (Å²) in [6, 6.07) is 4.01. The van der Waals surface area contributed by atoms with Gasteiger partial charge in [-0.05, 0) is 18.6 Å². The molecule has 0 saturated heterocycles. The van der Waals surface area contributed by atoms with E-state index in [-0.39, 0.29) is 0 Å². The highest BCUT2D eigenvalue weighted by molar-refractivity contribution is 7.07. The Hall–Kier alpha value is -1.93. The van der Waals surface area contributed by atoms with Gasteiger partial charge in [0.25, 0.3) is 0 Å². The molecule has 0 aliphatic rings. The lowest BCUT2D eigenvalue weighted by atomic mass is 10.1. The maximum Gasteiger partial charge on any atom is 0.144 e. The first kappa shape index (κ1) is 11.6. The standard InChI is InChI=1S/C12H12N4S/c1-9-2-4-14-12(11(9)6-13)15-5-3-10-7-17-8-16-10/h2,4,7-8H,3,5H2,1H3,(H,14,15). The van der Waals surface area contributed by atoms with Gasteiger partial charge < -0.3 is 5.32 Å². The second-order valence-electron chi connectivity index (χ2n) is 3.62. The third-order valence-corrected chi connectivity index (χ3v) is 3.06. The largest absolute Gasteiger partial charge is 0.369 e. The van der Waals surface area contributed by atoms with Crippen LogP contribution in [0.3, 0.4) is 0 Å². The Labute approximate surface area is 104 Å². The van der Waals surface area contributed by atoms with E-state index in [2.05, 4.69) is 21.4 Å². The van der Waals surface area contributed by atoms with Gasteiger partial charge in [-0.3, -0.25) is 0 Å². The smallest absolute Gasteiger partial charge is 0.144 e. The molecule has 2 aromatic rings. The summed E-state index contributed by atoms with van der Waals surface area (Å²) < 4.78 is 0. The predicted octanol–water partition coefficient (Wildman–Crippen LogP) is 2.37. The van der Waals surface area contributed by atoms with E-state index in [1.807, 2.05) is 23.9 Å². The van der Waals surface area contributed by atoms with Crippen molar-refractivity contribution in [2.45, 2.75) is 13.3 Å². The van der Waals surface area contributed by atoms with Gasteiger partial charge >= 0.3 is 0 Å². The lowest BCUT2D eigenvalue weighted by molar-refractivity contribution is 0.966. The predicted molar refractivity (Wildman–Crippen MR) is 68.0 cm³/mol. The third-order valence-electron chi connectivity index (χ3n) is 2.43. The van der Waals surface area contributed by atoms with Crippen molar-refractivity contribution >= 4 is 17.2 Å². The highest BCUT2D eigenvalue weighted by Crippen LogP contribution is 2.15. The third kappa shape index (κ3) is 2.80. The van der Waals surface area contributed by atoms with Crippen molar-refractivity contribution in [3.63, 3.8) is 0 Å². The van der Waals surface area contributed by atoms with Crippen LogP contribution in [0.15, 0.2) is 23.2 Å². The minimum atomic E-state index is 0.616. The lowest BCUT2D eigenvalue weighted by Crippen LogP contribution is -2.08. The van der Waals surface area contributed by atoms with Gasteiger partial charge in [0, 0.05) is 24.5 Å². The Balaban J connectivity index is 2.00. The number of pyridine rings is 1. The molecule has 0 saturated carbocycles. The van der Waals surface area contributed by atoms with Gasteiger partial charge in [-0.25, -0.2) is 9.97 Å². The van der Waals surface area contributed by atoms with Crippen LogP contribution in [0.5, 0.6) is 0 Å². The van der Waals surface area contributed by atoms with Gasteiger partial charge in [0.2, 0.25) is 0 Å². The summed E-state index contributed by atoms with van der Waals surface area (Å²) >= 11 is 1.59. The van der Waals surface area contributed by atoms with Crippen LogP contribution >= 0.6 is 11.3 Å². The van der Waals surface area contributed by atoms with Crippen LogP contribution in [-0.2, 0) is 6.42 Å². The van der Waals surface area contributed by atoms with E-state index in [0.717, 1.165) is 24.2 Å².